The van der Waals surface area contributed by atoms with Crippen LogP contribution in [0.2, 0.25) is 0 Å². The highest BCUT2D eigenvalue weighted by atomic mass is 16.2. The van der Waals surface area contributed by atoms with Crippen molar-refractivity contribution in [1.29, 1.82) is 0 Å². The summed E-state index contributed by atoms with van der Waals surface area (Å²) in [4.78, 5) is 14.2. The summed E-state index contributed by atoms with van der Waals surface area (Å²) in [6.07, 6.45) is 11.5. The number of hydrogen-bond donors (Lipinski definition) is 1. The molecule has 1 rings (SSSR count). The van der Waals surface area contributed by atoms with Crippen molar-refractivity contribution in [2.75, 3.05) is 13.6 Å². The van der Waals surface area contributed by atoms with Gasteiger partial charge in [-0.25, -0.2) is 0 Å². The average Bonchev–Trinajstić information content (AvgIpc) is 2.38. The van der Waals surface area contributed by atoms with E-state index in [-0.39, 0.29) is 5.91 Å². The van der Waals surface area contributed by atoms with Crippen LogP contribution in [0.5, 0.6) is 0 Å². The fourth-order valence-corrected chi connectivity index (χ4v) is 2.69. The van der Waals surface area contributed by atoms with Crippen LogP contribution in [-0.4, -0.2) is 29.9 Å². The van der Waals surface area contributed by atoms with Crippen LogP contribution in [0.15, 0.2) is 12.7 Å². The number of carbonyl (C=O) groups excluding carboxylic acids is 1. The predicted octanol–water partition coefficient (Wildman–Crippen LogP) is 2.85. The number of carbonyl (C=O) groups is 1. The number of hydrogen-bond acceptors (Lipinski definition) is 2. The number of unbranched alkanes of at least 4 members (excludes halogenated alkanes) is 3. The molecular weight excluding hydrogens is 224 g/mol. The molecule has 0 saturated heterocycles. The van der Waals surface area contributed by atoms with E-state index >= 15 is 0 Å². The molecule has 0 aromatic carbocycles. The van der Waals surface area contributed by atoms with Crippen molar-refractivity contribution in [3.63, 3.8) is 0 Å². The molecule has 1 saturated carbocycles. The third kappa shape index (κ3) is 4.45. The summed E-state index contributed by atoms with van der Waals surface area (Å²) in [5, 5.41) is 0. The van der Waals surface area contributed by atoms with Gasteiger partial charge in [0.1, 0.15) is 0 Å². The van der Waals surface area contributed by atoms with E-state index in [9.17, 15) is 4.79 Å². The van der Waals surface area contributed by atoms with Gasteiger partial charge in [-0.1, -0.05) is 31.8 Å². The summed E-state index contributed by atoms with van der Waals surface area (Å²) >= 11 is 0. The molecule has 1 aliphatic carbocycles. The second-order valence-corrected chi connectivity index (χ2v) is 5.58. The first-order valence-electron chi connectivity index (χ1n) is 7.25. The molecule has 0 spiro atoms. The number of amides is 1. The minimum Gasteiger partial charge on any atom is -0.344 e. The van der Waals surface area contributed by atoms with Crippen LogP contribution >= 0.6 is 0 Å². The zero-order chi connectivity index (χ0) is 13.4. The molecule has 1 aliphatic rings. The lowest BCUT2D eigenvalue weighted by Gasteiger charge is -2.35. The minimum absolute atomic E-state index is 0.144. The molecule has 1 fully saturated rings. The summed E-state index contributed by atoms with van der Waals surface area (Å²) in [7, 11) is 1.89. The van der Waals surface area contributed by atoms with E-state index in [4.69, 9.17) is 5.73 Å². The summed E-state index contributed by atoms with van der Waals surface area (Å²) in [5.74, 6) is 0.144. The molecule has 0 bridgehead atoms. The van der Waals surface area contributed by atoms with Gasteiger partial charge in [0, 0.05) is 13.6 Å². The van der Waals surface area contributed by atoms with Crippen LogP contribution in [0.1, 0.15) is 57.8 Å². The van der Waals surface area contributed by atoms with Gasteiger partial charge in [-0.3, -0.25) is 4.79 Å². The minimum atomic E-state index is -0.575. The molecule has 3 heteroatoms. The van der Waals surface area contributed by atoms with Crippen molar-refractivity contribution < 1.29 is 4.79 Å². The van der Waals surface area contributed by atoms with Gasteiger partial charge in [-0.15, -0.1) is 6.58 Å². The second-order valence-electron chi connectivity index (χ2n) is 5.58. The maximum Gasteiger partial charge on any atom is 0.242 e. The standard InChI is InChI=1S/C15H28N2O/c1-3-4-5-6-10-13-17(2)14(18)15(16)11-8-7-9-12-15/h3H,1,4-13,16H2,2H3. The van der Waals surface area contributed by atoms with Crippen LogP contribution in [0, 0.1) is 0 Å². The molecule has 1 amide bonds. The van der Waals surface area contributed by atoms with E-state index in [1.807, 2.05) is 18.0 Å². The van der Waals surface area contributed by atoms with Crippen molar-refractivity contribution in [1.82, 2.24) is 4.90 Å². The average molecular weight is 252 g/mol. The van der Waals surface area contributed by atoms with Crippen LogP contribution < -0.4 is 5.73 Å². The number of nitrogens with zero attached hydrogens (tertiary/aromatic N) is 1. The zero-order valence-corrected chi connectivity index (χ0v) is 11.8. The lowest BCUT2D eigenvalue weighted by molar-refractivity contribution is -0.137. The van der Waals surface area contributed by atoms with Crippen LogP contribution in [0.4, 0.5) is 0 Å². The van der Waals surface area contributed by atoms with Gasteiger partial charge in [-0.2, -0.15) is 0 Å². The van der Waals surface area contributed by atoms with Crippen molar-refractivity contribution >= 4 is 5.91 Å². The van der Waals surface area contributed by atoms with Gasteiger partial charge in [-0.05, 0) is 32.1 Å². The fraction of sp³-hybridized carbons (Fsp3) is 0.800. The third-order valence-electron chi connectivity index (χ3n) is 3.92. The summed E-state index contributed by atoms with van der Waals surface area (Å²) in [5.41, 5.74) is 5.68. The van der Waals surface area contributed by atoms with E-state index in [2.05, 4.69) is 6.58 Å². The van der Waals surface area contributed by atoms with Crippen LogP contribution in [0.3, 0.4) is 0 Å². The van der Waals surface area contributed by atoms with Gasteiger partial charge in [0.05, 0.1) is 5.54 Å². The van der Waals surface area contributed by atoms with Gasteiger partial charge in [0.15, 0.2) is 0 Å². The fourth-order valence-electron chi connectivity index (χ4n) is 2.69. The maximum atomic E-state index is 12.3. The van der Waals surface area contributed by atoms with Crippen molar-refractivity contribution in [3.05, 3.63) is 12.7 Å². The summed E-state index contributed by atoms with van der Waals surface area (Å²) in [6.45, 7) is 4.54. The topological polar surface area (TPSA) is 46.3 Å². The Hall–Kier alpha value is -0.830. The number of allylic oxidation sites excluding steroid dienone is 1. The first-order valence-corrected chi connectivity index (χ1v) is 7.25. The Morgan fingerprint density at radius 1 is 1.28 bits per heavy atom. The zero-order valence-electron chi connectivity index (χ0n) is 11.8. The first kappa shape index (κ1) is 15.2. The molecule has 0 atom stereocenters. The molecular formula is C15H28N2O. The molecule has 104 valence electrons. The Kier molecular flexibility index (Phi) is 6.41. The van der Waals surface area contributed by atoms with E-state index < -0.39 is 5.54 Å². The Bertz CT molecular complexity index is 270. The molecule has 0 aromatic heterocycles. The number of nitrogens with two attached hydrogens (primary N) is 1. The predicted molar refractivity (Wildman–Crippen MR) is 76.3 cm³/mol. The Morgan fingerprint density at radius 2 is 1.94 bits per heavy atom. The Morgan fingerprint density at radius 3 is 2.56 bits per heavy atom. The molecule has 0 unspecified atom stereocenters. The quantitative estimate of drug-likeness (QED) is 0.559. The van der Waals surface area contributed by atoms with Crippen LogP contribution in [-0.2, 0) is 4.79 Å². The molecule has 0 aliphatic heterocycles. The molecule has 18 heavy (non-hydrogen) atoms. The van der Waals surface area contributed by atoms with Gasteiger partial charge < -0.3 is 10.6 Å². The van der Waals surface area contributed by atoms with Crippen molar-refractivity contribution in [3.8, 4) is 0 Å². The highest BCUT2D eigenvalue weighted by Gasteiger charge is 2.36. The number of rotatable bonds is 7. The lowest BCUT2D eigenvalue weighted by Crippen LogP contribution is -2.55. The summed E-state index contributed by atoms with van der Waals surface area (Å²) < 4.78 is 0. The number of likely N-dealkylation sites (N-methyl/N-ethyl adjacent to an activating group) is 1. The lowest BCUT2D eigenvalue weighted by atomic mass is 9.81. The normalized spacial score (nSPS) is 18.3. The van der Waals surface area contributed by atoms with Gasteiger partial charge in [0.2, 0.25) is 5.91 Å². The molecule has 0 aromatic rings. The van der Waals surface area contributed by atoms with Crippen molar-refractivity contribution in [2.24, 2.45) is 5.73 Å². The van der Waals surface area contributed by atoms with Gasteiger partial charge in [0.25, 0.3) is 0 Å². The van der Waals surface area contributed by atoms with Gasteiger partial charge >= 0.3 is 0 Å². The van der Waals surface area contributed by atoms with E-state index in [1.54, 1.807) is 0 Å². The van der Waals surface area contributed by atoms with E-state index in [1.165, 1.54) is 12.8 Å². The Balaban J connectivity index is 2.29. The smallest absolute Gasteiger partial charge is 0.242 e. The first-order chi connectivity index (χ1) is 8.60. The maximum absolute atomic E-state index is 12.3. The second kappa shape index (κ2) is 7.57. The van der Waals surface area contributed by atoms with E-state index in [0.717, 1.165) is 51.5 Å². The third-order valence-corrected chi connectivity index (χ3v) is 3.92. The van der Waals surface area contributed by atoms with Crippen LogP contribution in [0.25, 0.3) is 0 Å². The largest absolute Gasteiger partial charge is 0.344 e. The highest BCUT2D eigenvalue weighted by molar-refractivity contribution is 5.86. The highest BCUT2D eigenvalue weighted by Crippen LogP contribution is 2.27. The Labute approximate surface area is 111 Å². The SMILES string of the molecule is C=CCCCCCN(C)C(=O)C1(N)CCCCC1. The van der Waals surface area contributed by atoms with Crippen molar-refractivity contribution in [2.45, 2.75) is 63.3 Å². The summed E-state index contributed by atoms with van der Waals surface area (Å²) in [6, 6.07) is 0. The molecule has 2 N–H and O–H groups in total. The molecule has 3 nitrogen and oxygen atoms in total. The molecule has 0 radical (unpaired) electrons. The van der Waals surface area contributed by atoms with E-state index in [0.29, 0.717) is 0 Å². The molecule has 0 heterocycles. The monoisotopic (exact) mass is 252 g/mol.